The zero-order valence-corrected chi connectivity index (χ0v) is 11.2. The third-order valence-corrected chi connectivity index (χ3v) is 2.92. The molecule has 2 aromatic rings. The summed E-state index contributed by atoms with van der Waals surface area (Å²) in [6.07, 6.45) is 0. The average molecular weight is 276 g/mol. The number of hydrogen-bond donors (Lipinski definition) is 1. The Labute approximate surface area is 116 Å². The van der Waals surface area contributed by atoms with Crippen molar-refractivity contribution in [2.75, 3.05) is 13.8 Å². The van der Waals surface area contributed by atoms with Gasteiger partial charge in [-0.15, -0.1) is 0 Å². The molecule has 0 amide bonds. The molecule has 2 heterocycles. The number of ether oxygens (including phenoxy) is 3. The molecule has 1 aliphatic rings. The van der Waals surface area contributed by atoms with Crippen LogP contribution in [0, 0.1) is 0 Å². The summed E-state index contributed by atoms with van der Waals surface area (Å²) in [4.78, 5) is 0. The van der Waals surface area contributed by atoms with Crippen molar-refractivity contribution < 1.29 is 18.7 Å². The van der Waals surface area contributed by atoms with E-state index in [-0.39, 0.29) is 6.79 Å². The molecule has 1 N–H and O–H groups in total. The normalized spacial score (nSPS) is 12.8. The van der Waals surface area contributed by atoms with Gasteiger partial charge in [-0.25, -0.2) is 0 Å². The van der Waals surface area contributed by atoms with E-state index in [1.54, 1.807) is 0 Å². The van der Waals surface area contributed by atoms with Crippen molar-refractivity contribution in [2.24, 2.45) is 0 Å². The highest BCUT2D eigenvalue weighted by Gasteiger charge is 2.13. The average Bonchev–Trinajstić information content (AvgIpc) is 3.08. The minimum Gasteiger partial charge on any atom is -0.454 e. The lowest BCUT2D eigenvalue weighted by molar-refractivity contribution is 0.0882. The number of benzene rings is 1. The second kappa shape index (κ2) is 5.94. The summed E-state index contributed by atoms with van der Waals surface area (Å²) in [7, 11) is 1.87. The first-order chi connectivity index (χ1) is 9.85. The molecule has 0 fully saturated rings. The molecule has 0 saturated carbocycles. The van der Waals surface area contributed by atoms with Crippen LogP contribution in [0.5, 0.6) is 11.5 Å². The van der Waals surface area contributed by atoms with Crippen LogP contribution in [0.1, 0.15) is 17.0 Å². The van der Waals surface area contributed by atoms with E-state index in [2.05, 4.69) is 10.5 Å². The van der Waals surface area contributed by atoms with E-state index >= 15 is 0 Å². The fourth-order valence-corrected chi connectivity index (χ4v) is 1.99. The fraction of sp³-hybridized carbons (Fsp3) is 0.357. The van der Waals surface area contributed by atoms with E-state index in [9.17, 15) is 0 Å². The molecule has 3 rings (SSSR count). The van der Waals surface area contributed by atoms with Gasteiger partial charge in [0.25, 0.3) is 0 Å². The molecule has 0 saturated heterocycles. The number of rotatable bonds is 6. The first-order valence-electron chi connectivity index (χ1n) is 6.40. The van der Waals surface area contributed by atoms with Crippen LogP contribution in [0.3, 0.4) is 0 Å². The van der Waals surface area contributed by atoms with Crippen LogP contribution >= 0.6 is 0 Å². The first kappa shape index (κ1) is 13.0. The smallest absolute Gasteiger partial charge is 0.231 e. The molecule has 0 spiro atoms. The van der Waals surface area contributed by atoms with Gasteiger partial charge < -0.3 is 24.1 Å². The lowest BCUT2D eigenvalue weighted by Crippen LogP contribution is -2.04. The molecule has 0 unspecified atom stereocenters. The minimum absolute atomic E-state index is 0.284. The van der Waals surface area contributed by atoms with Crippen molar-refractivity contribution in [1.29, 1.82) is 0 Å². The van der Waals surface area contributed by atoms with E-state index in [0.29, 0.717) is 19.8 Å². The lowest BCUT2D eigenvalue weighted by atomic mass is 10.2. The van der Waals surface area contributed by atoms with Gasteiger partial charge in [0.15, 0.2) is 17.3 Å². The quantitative estimate of drug-likeness (QED) is 0.868. The van der Waals surface area contributed by atoms with Gasteiger partial charge in [0, 0.05) is 12.6 Å². The van der Waals surface area contributed by atoms with Gasteiger partial charge in [0.2, 0.25) is 6.79 Å². The van der Waals surface area contributed by atoms with Gasteiger partial charge in [0.05, 0.1) is 12.3 Å². The standard InChI is InChI=1S/C14H16N2O4/c1-15-6-11-5-12(20-16-11)8-17-7-10-2-3-13-14(4-10)19-9-18-13/h2-5,15H,6-9H2,1H3. The monoisotopic (exact) mass is 276 g/mol. The molecule has 0 radical (unpaired) electrons. The third-order valence-electron chi connectivity index (χ3n) is 2.92. The Morgan fingerprint density at radius 1 is 1.20 bits per heavy atom. The van der Waals surface area contributed by atoms with E-state index < -0.39 is 0 Å². The van der Waals surface area contributed by atoms with Crippen LogP contribution in [0.4, 0.5) is 0 Å². The van der Waals surface area contributed by atoms with E-state index in [1.165, 1.54) is 0 Å². The number of hydrogen-bond acceptors (Lipinski definition) is 6. The van der Waals surface area contributed by atoms with Gasteiger partial charge in [-0.3, -0.25) is 0 Å². The summed E-state index contributed by atoms with van der Waals surface area (Å²) in [5.74, 6) is 2.26. The molecule has 6 nitrogen and oxygen atoms in total. The number of aromatic nitrogens is 1. The van der Waals surface area contributed by atoms with E-state index in [0.717, 1.165) is 28.5 Å². The number of nitrogens with zero attached hydrogens (tertiary/aromatic N) is 1. The molecule has 0 bridgehead atoms. The van der Waals surface area contributed by atoms with Crippen molar-refractivity contribution in [2.45, 2.75) is 19.8 Å². The Bertz CT molecular complexity index is 582. The van der Waals surface area contributed by atoms with Gasteiger partial charge in [-0.2, -0.15) is 0 Å². The molecular formula is C14H16N2O4. The van der Waals surface area contributed by atoms with Crippen molar-refractivity contribution in [3.63, 3.8) is 0 Å². The Morgan fingerprint density at radius 3 is 3.00 bits per heavy atom. The zero-order valence-electron chi connectivity index (χ0n) is 11.2. The molecule has 106 valence electrons. The summed E-state index contributed by atoms with van der Waals surface area (Å²) >= 11 is 0. The maximum atomic E-state index is 5.61. The van der Waals surface area contributed by atoms with Crippen molar-refractivity contribution >= 4 is 0 Å². The van der Waals surface area contributed by atoms with Crippen LogP contribution < -0.4 is 14.8 Å². The lowest BCUT2D eigenvalue weighted by Gasteiger charge is -2.03. The van der Waals surface area contributed by atoms with Crippen LogP contribution in [-0.2, 0) is 24.5 Å². The van der Waals surface area contributed by atoms with E-state index in [1.807, 2.05) is 31.3 Å². The van der Waals surface area contributed by atoms with Gasteiger partial charge >= 0.3 is 0 Å². The summed E-state index contributed by atoms with van der Waals surface area (Å²) in [5, 5.41) is 6.94. The summed E-state index contributed by atoms with van der Waals surface area (Å²) < 4.78 is 21.4. The molecular weight excluding hydrogens is 260 g/mol. The van der Waals surface area contributed by atoms with Crippen molar-refractivity contribution in [1.82, 2.24) is 10.5 Å². The molecule has 20 heavy (non-hydrogen) atoms. The van der Waals surface area contributed by atoms with Gasteiger partial charge in [-0.05, 0) is 24.7 Å². The van der Waals surface area contributed by atoms with Crippen LogP contribution in [0.15, 0.2) is 28.8 Å². The van der Waals surface area contributed by atoms with Gasteiger partial charge in [0.1, 0.15) is 6.61 Å². The summed E-state index contributed by atoms with van der Waals surface area (Å²) in [5.41, 5.74) is 1.90. The van der Waals surface area contributed by atoms with Crippen molar-refractivity contribution in [3.8, 4) is 11.5 Å². The Kier molecular flexibility index (Phi) is 3.85. The number of nitrogens with one attached hydrogen (secondary N) is 1. The number of fused-ring (bicyclic) bond motifs is 1. The van der Waals surface area contributed by atoms with E-state index in [4.69, 9.17) is 18.7 Å². The molecule has 0 aliphatic carbocycles. The second-order valence-electron chi connectivity index (χ2n) is 4.50. The summed E-state index contributed by atoms with van der Waals surface area (Å²) in [6, 6.07) is 7.66. The highest BCUT2D eigenvalue weighted by atomic mass is 16.7. The summed E-state index contributed by atoms with van der Waals surface area (Å²) in [6.45, 7) is 1.85. The molecule has 0 atom stereocenters. The molecule has 1 aliphatic heterocycles. The zero-order chi connectivity index (χ0) is 13.8. The Balaban J connectivity index is 1.51. The van der Waals surface area contributed by atoms with Gasteiger partial charge in [-0.1, -0.05) is 11.2 Å². The van der Waals surface area contributed by atoms with Crippen LogP contribution in [-0.4, -0.2) is 19.0 Å². The topological polar surface area (TPSA) is 65.8 Å². The third kappa shape index (κ3) is 2.92. The second-order valence-corrected chi connectivity index (χ2v) is 4.50. The minimum atomic E-state index is 0.284. The molecule has 6 heteroatoms. The maximum absolute atomic E-state index is 5.61. The predicted molar refractivity (Wildman–Crippen MR) is 70.3 cm³/mol. The fourth-order valence-electron chi connectivity index (χ4n) is 1.99. The largest absolute Gasteiger partial charge is 0.454 e. The highest BCUT2D eigenvalue weighted by molar-refractivity contribution is 5.44. The van der Waals surface area contributed by atoms with Crippen LogP contribution in [0.2, 0.25) is 0 Å². The molecule has 1 aromatic carbocycles. The predicted octanol–water partition coefficient (Wildman–Crippen LogP) is 1.84. The Hall–Kier alpha value is -2.05. The molecule has 1 aromatic heterocycles. The Morgan fingerprint density at radius 2 is 2.10 bits per heavy atom. The SMILES string of the molecule is CNCc1cc(COCc2ccc3c(c2)OCO3)on1. The maximum Gasteiger partial charge on any atom is 0.231 e. The van der Waals surface area contributed by atoms with Crippen molar-refractivity contribution in [3.05, 3.63) is 41.3 Å². The first-order valence-corrected chi connectivity index (χ1v) is 6.40. The highest BCUT2D eigenvalue weighted by Crippen LogP contribution is 2.32. The van der Waals surface area contributed by atoms with Crippen LogP contribution in [0.25, 0.3) is 0 Å².